The van der Waals surface area contributed by atoms with Gasteiger partial charge < -0.3 is 14.6 Å². The lowest BCUT2D eigenvalue weighted by Gasteiger charge is -2.32. The van der Waals surface area contributed by atoms with Crippen molar-refractivity contribution in [3.05, 3.63) is 90.0 Å². The fraction of sp³-hybridized carbons (Fsp3) is 0.296. The molecule has 0 radical (unpaired) electrons. The normalized spacial score (nSPS) is 14.9. The predicted octanol–water partition coefficient (Wildman–Crippen LogP) is 5.82. The molecule has 0 unspecified atom stereocenters. The van der Waals surface area contributed by atoms with Crippen molar-refractivity contribution in [1.82, 2.24) is 9.88 Å². The van der Waals surface area contributed by atoms with Gasteiger partial charge in [0.2, 0.25) is 6.61 Å². The molecular weight excluding hydrogens is 488 g/mol. The van der Waals surface area contributed by atoms with Gasteiger partial charge in [-0.25, -0.2) is 4.39 Å². The number of hydrogen-bond donors (Lipinski definition) is 0. The van der Waals surface area contributed by atoms with Crippen molar-refractivity contribution < 1.29 is 27.2 Å². The van der Waals surface area contributed by atoms with Crippen molar-refractivity contribution in [3.63, 3.8) is 0 Å². The molecule has 0 N–H and O–H groups in total. The summed E-state index contributed by atoms with van der Waals surface area (Å²) in [5.41, 5.74) is 2.96. The van der Waals surface area contributed by atoms with Gasteiger partial charge in [-0.05, 0) is 61.4 Å². The molecule has 1 fully saturated rings. The predicted molar refractivity (Wildman–Crippen MR) is 132 cm³/mol. The average Bonchev–Trinajstić information content (AvgIpc) is 2.91. The molecule has 1 aliphatic rings. The first-order chi connectivity index (χ1) is 17.7. The lowest BCUT2D eigenvalue weighted by molar-refractivity contribution is -0.173. The number of carbonyl (C=O) groups excluding carboxylic acids is 1. The van der Waals surface area contributed by atoms with Crippen molar-refractivity contribution in [3.8, 4) is 0 Å². The summed E-state index contributed by atoms with van der Waals surface area (Å²) in [7, 11) is 1.95. The zero-order valence-electron chi connectivity index (χ0n) is 20.2. The third kappa shape index (κ3) is 6.84. The summed E-state index contributed by atoms with van der Waals surface area (Å²) in [5, 5.41) is 3.72. The number of aromatic nitrogens is 1. The fourth-order valence-electron chi connectivity index (χ4n) is 4.20. The Morgan fingerprint density at radius 2 is 1.68 bits per heavy atom. The fourth-order valence-corrected chi connectivity index (χ4v) is 4.20. The van der Waals surface area contributed by atoms with E-state index < -0.39 is 18.6 Å². The monoisotopic (exact) mass is 514 g/mol. The molecule has 0 bridgehead atoms. The van der Waals surface area contributed by atoms with Crippen LogP contribution in [0.3, 0.4) is 0 Å². The molecule has 194 valence electrons. The topological polar surface area (TPSA) is 58.0 Å². The number of hydrogen-bond acceptors (Lipinski definition) is 5. The first-order valence-electron chi connectivity index (χ1n) is 11.8. The summed E-state index contributed by atoms with van der Waals surface area (Å²) in [6.45, 7) is -0.770. The van der Waals surface area contributed by atoms with Gasteiger partial charge in [0, 0.05) is 43.0 Å². The van der Waals surface area contributed by atoms with Crippen LogP contribution in [-0.4, -0.2) is 54.4 Å². The van der Waals surface area contributed by atoms with Gasteiger partial charge in [-0.1, -0.05) is 23.4 Å². The first-order valence-corrected chi connectivity index (χ1v) is 11.8. The van der Waals surface area contributed by atoms with Crippen LogP contribution < -0.4 is 4.90 Å². The third-order valence-corrected chi connectivity index (χ3v) is 6.19. The van der Waals surface area contributed by atoms with E-state index in [1.54, 1.807) is 17.0 Å². The first kappa shape index (κ1) is 26.1. The van der Waals surface area contributed by atoms with Crippen LogP contribution in [0.1, 0.15) is 28.9 Å². The highest BCUT2D eigenvalue weighted by atomic mass is 19.4. The molecule has 3 aromatic rings. The van der Waals surface area contributed by atoms with Crippen LogP contribution in [0.15, 0.2) is 78.1 Å². The Hall–Kier alpha value is -3.95. The SMILES string of the molecule is CN(c1ccccc1)c1ccc(C(=O)N2CCC(/C(=N/OCC(F)(F)F)c3ccc(F)cn3)CC2)cc1. The number of pyridine rings is 1. The highest BCUT2D eigenvalue weighted by Crippen LogP contribution is 2.26. The molecule has 1 saturated heterocycles. The van der Waals surface area contributed by atoms with E-state index >= 15 is 0 Å². The average molecular weight is 515 g/mol. The maximum absolute atomic E-state index is 13.3. The van der Waals surface area contributed by atoms with E-state index in [4.69, 9.17) is 0 Å². The molecule has 0 atom stereocenters. The highest BCUT2D eigenvalue weighted by Gasteiger charge is 2.31. The molecule has 37 heavy (non-hydrogen) atoms. The van der Waals surface area contributed by atoms with Gasteiger partial charge >= 0.3 is 6.18 Å². The number of rotatable bonds is 7. The van der Waals surface area contributed by atoms with Crippen LogP contribution in [0.5, 0.6) is 0 Å². The van der Waals surface area contributed by atoms with E-state index in [2.05, 4.69) is 15.0 Å². The molecule has 0 aliphatic carbocycles. The molecule has 4 rings (SSSR count). The molecule has 0 spiro atoms. The number of carbonyl (C=O) groups is 1. The quantitative estimate of drug-likeness (QED) is 0.226. The molecule has 0 saturated carbocycles. The van der Waals surface area contributed by atoms with Crippen molar-refractivity contribution in [2.24, 2.45) is 11.1 Å². The van der Waals surface area contributed by atoms with E-state index in [0.29, 0.717) is 31.5 Å². The minimum atomic E-state index is -4.54. The summed E-state index contributed by atoms with van der Waals surface area (Å²) in [6.07, 6.45) is -2.65. The van der Waals surface area contributed by atoms with Crippen molar-refractivity contribution in [2.75, 3.05) is 31.6 Å². The molecule has 1 aliphatic heterocycles. The van der Waals surface area contributed by atoms with Gasteiger partial charge in [0.25, 0.3) is 5.91 Å². The number of halogens is 4. The van der Waals surface area contributed by atoms with Crippen molar-refractivity contribution >= 4 is 23.0 Å². The second-order valence-electron chi connectivity index (χ2n) is 8.73. The maximum atomic E-state index is 13.3. The van der Waals surface area contributed by atoms with E-state index in [1.165, 1.54) is 12.1 Å². The number of likely N-dealkylation sites (tertiary alicyclic amines) is 1. The third-order valence-electron chi connectivity index (χ3n) is 6.19. The summed E-state index contributed by atoms with van der Waals surface area (Å²) in [5.74, 6) is -0.989. The second-order valence-corrected chi connectivity index (χ2v) is 8.73. The Bertz CT molecular complexity index is 1210. The largest absolute Gasteiger partial charge is 0.425 e. The van der Waals surface area contributed by atoms with E-state index in [1.807, 2.05) is 54.4 Å². The molecule has 6 nitrogen and oxygen atoms in total. The van der Waals surface area contributed by atoms with Crippen LogP contribution in [0, 0.1) is 11.7 Å². The molecule has 2 heterocycles. The van der Waals surface area contributed by atoms with E-state index in [9.17, 15) is 22.4 Å². The lowest BCUT2D eigenvalue weighted by Crippen LogP contribution is -2.40. The Balaban J connectivity index is 1.41. The zero-order valence-corrected chi connectivity index (χ0v) is 20.2. The van der Waals surface area contributed by atoms with Crippen LogP contribution in [0.25, 0.3) is 0 Å². The number of benzene rings is 2. The van der Waals surface area contributed by atoms with Gasteiger partial charge in [0.15, 0.2) is 0 Å². The summed E-state index contributed by atoms with van der Waals surface area (Å²) in [4.78, 5) is 25.3. The Labute approximate surface area is 212 Å². The van der Waals surface area contributed by atoms with Gasteiger partial charge in [-0.2, -0.15) is 13.2 Å². The number of para-hydroxylation sites is 1. The van der Waals surface area contributed by atoms with E-state index in [0.717, 1.165) is 17.6 Å². The number of nitrogens with zero attached hydrogens (tertiary/aromatic N) is 4. The van der Waals surface area contributed by atoms with Crippen molar-refractivity contribution in [2.45, 2.75) is 19.0 Å². The molecule has 10 heteroatoms. The summed E-state index contributed by atoms with van der Waals surface area (Å²) >= 11 is 0. The Morgan fingerprint density at radius 1 is 1.03 bits per heavy atom. The van der Waals surface area contributed by atoms with E-state index in [-0.39, 0.29) is 23.2 Å². The van der Waals surface area contributed by atoms with Crippen LogP contribution in [-0.2, 0) is 4.84 Å². The minimum Gasteiger partial charge on any atom is -0.386 e. The number of piperidine rings is 1. The minimum absolute atomic E-state index is 0.126. The Kier molecular flexibility index (Phi) is 8.05. The van der Waals surface area contributed by atoms with Crippen LogP contribution in [0.4, 0.5) is 28.9 Å². The smallest absolute Gasteiger partial charge is 0.386 e. The van der Waals surface area contributed by atoms with Gasteiger partial charge in [-0.15, -0.1) is 0 Å². The number of alkyl halides is 3. The molecule has 1 aromatic heterocycles. The highest BCUT2D eigenvalue weighted by molar-refractivity contribution is 6.00. The van der Waals surface area contributed by atoms with Crippen molar-refractivity contribution in [1.29, 1.82) is 0 Å². The molecular formula is C27H26F4N4O2. The standard InChI is InChI=1S/C27H26F4N4O2/c1-34(22-5-3-2-4-6-22)23-10-7-20(8-11-23)26(36)35-15-13-19(14-16-35)25(33-37-18-27(29,30)31)24-12-9-21(28)17-32-24/h2-12,17,19H,13-16,18H2,1H3/b33-25-. The number of oxime groups is 1. The second kappa shape index (κ2) is 11.4. The van der Waals surface area contributed by atoms with Crippen LogP contribution >= 0.6 is 0 Å². The molecule has 2 aromatic carbocycles. The molecule has 1 amide bonds. The zero-order chi connectivity index (χ0) is 26.4. The summed E-state index contributed by atoms with van der Waals surface area (Å²) < 4.78 is 51.0. The maximum Gasteiger partial charge on any atom is 0.425 e. The van der Waals surface area contributed by atoms with Gasteiger partial charge in [0.05, 0.1) is 11.9 Å². The Morgan fingerprint density at radius 3 is 2.27 bits per heavy atom. The number of anilines is 2. The lowest BCUT2D eigenvalue weighted by atomic mass is 9.89. The van der Waals surface area contributed by atoms with Crippen LogP contribution in [0.2, 0.25) is 0 Å². The summed E-state index contributed by atoms with van der Waals surface area (Å²) in [6, 6.07) is 19.7. The number of amides is 1. The van der Waals surface area contributed by atoms with Gasteiger partial charge in [-0.3, -0.25) is 9.78 Å². The van der Waals surface area contributed by atoms with Gasteiger partial charge in [0.1, 0.15) is 11.5 Å².